The van der Waals surface area contributed by atoms with Crippen LogP contribution in [0.1, 0.15) is 33.6 Å². The number of hydrogen-bond donors (Lipinski definition) is 1. The van der Waals surface area contributed by atoms with E-state index in [4.69, 9.17) is 4.42 Å². The highest BCUT2D eigenvalue weighted by atomic mass is 19.1. The second-order valence-electron chi connectivity index (χ2n) is 7.01. The third kappa shape index (κ3) is 3.89. The van der Waals surface area contributed by atoms with Crippen molar-refractivity contribution >= 4 is 22.8 Å². The number of rotatable bonds is 3. The van der Waals surface area contributed by atoms with Gasteiger partial charge in [-0.1, -0.05) is 30.3 Å². The van der Waals surface area contributed by atoms with Crippen LogP contribution in [0.15, 0.2) is 63.8 Å². The van der Waals surface area contributed by atoms with E-state index in [0.717, 1.165) is 0 Å². The molecule has 6 nitrogen and oxygen atoms in total. The highest BCUT2D eigenvalue weighted by Crippen LogP contribution is 2.17. The number of benzene rings is 2. The average molecular weight is 394 g/mol. The number of carbonyl (C=O) groups is 2. The van der Waals surface area contributed by atoms with E-state index in [1.807, 2.05) is 0 Å². The molecule has 0 bridgehead atoms. The second-order valence-corrected chi connectivity index (χ2v) is 7.01. The molecule has 148 valence electrons. The standard InChI is InChI=1S/C22H19FN2O4/c23-18-7-3-2-6-16(18)21(27)25-11-9-15(10-12-25)24-20(26)17-13-14-5-1-4-8-19(14)29-22(17)28/h1-8,13,15H,9-12H2,(H,24,26). The molecule has 1 aromatic heterocycles. The van der Waals surface area contributed by atoms with Gasteiger partial charge in [0.25, 0.3) is 11.8 Å². The first-order chi connectivity index (χ1) is 14.0. The van der Waals surface area contributed by atoms with Crippen molar-refractivity contribution in [1.82, 2.24) is 10.2 Å². The third-order valence-corrected chi connectivity index (χ3v) is 5.11. The highest BCUT2D eigenvalue weighted by molar-refractivity contribution is 5.97. The normalized spacial score (nSPS) is 14.7. The molecule has 2 aromatic carbocycles. The molecular formula is C22H19FN2O4. The molecule has 29 heavy (non-hydrogen) atoms. The van der Waals surface area contributed by atoms with Crippen LogP contribution in [0.5, 0.6) is 0 Å². The molecule has 3 aromatic rings. The Morgan fingerprint density at radius 3 is 2.45 bits per heavy atom. The summed E-state index contributed by atoms with van der Waals surface area (Å²) in [5, 5.41) is 3.51. The van der Waals surface area contributed by atoms with Crippen LogP contribution in [0, 0.1) is 5.82 Å². The number of amides is 2. The van der Waals surface area contributed by atoms with E-state index in [1.165, 1.54) is 24.3 Å². The summed E-state index contributed by atoms with van der Waals surface area (Å²) >= 11 is 0. The molecule has 7 heteroatoms. The molecule has 1 N–H and O–H groups in total. The van der Waals surface area contributed by atoms with Gasteiger partial charge in [0.15, 0.2) is 0 Å². The number of fused-ring (bicyclic) bond motifs is 1. The number of likely N-dealkylation sites (tertiary alicyclic amines) is 1. The zero-order valence-electron chi connectivity index (χ0n) is 15.6. The highest BCUT2D eigenvalue weighted by Gasteiger charge is 2.27. The minimum absolute atomic E-state index is 0.0451. The third-order valence-electron chi connectivity index (χ3n) is 5.11. The Kier molecular flexibility index (Phi) is 5.12. The number of para-hydroxylation sites is 1. The van der Waals surface area contributed by atoms with Gasteiger partial charge in [-0.25, -0.2) is 9.18 Å². The van der Waals surface area contributed by atoms with Crippen molar-refractivity contribution in [3.05, 3.63) is 82.0 Å². The van der Waals surface area contributed by atoms with Crippen LogP contribution in [0.2, 0.25) is 0 Å². The Balaban J connectivity index is 1.40. The first kappa shape index (κ1) is 18.9. The van der Waals surface area contributed by atoms with Gasteiger partial charge >= 0.3 is 5.63 Å². The molecule has 0 atom stereocenters. The van der Waals surface area contributed by atoms with Crippen LogP contribution in [0.4, 0.5) is 4.39 Å². The summed E-state index contributed by atoms with van der Waals surface area (Å²) in [5.74, 6) is -1.40. The quantitative estimate of drug-likeness (QED) is 0.693. The number of nitrogens with zero attached hydrogens (tertiary/aromatic N) is 1. The van der Waals surface area contributed by atoms with Gasteiger partial charge in [0.1, 0.15) is 17.0 Å². The molecule has 1 aliphatic rings. The molecule has 4 rings (SSSR count). The summed E-state index contributed by atoms with van der Waals surface area (Å²) in [6, 6.07) is 14.2. The smallest absolute Gasteiger partial charge is 0.349 e. The number of carbonyl (C=O) groups excluding carboxylic acids is 2. The molecule has 0 radical (unpaired) electrons. The molecule has 0 aliphatic carbocycles. The summed E-state index contributed by atoms with van der Waals surface area (Å²) in [4.78, 5) is 38.7. The van der Waals surface area contributed by atoms with Gasteiger partial charge in [0.05, 0.1) is 5.56 Å². The van der Waals surface area contributed by atoms with Gasteiger partial charge in [-0.3, -0.25) is 9.59 Å². The predicted octanol–water partition coefficient (Wildman–Crippen LogP) is 2.97. The average Bonchev–Trinajstić information content (AvgIpc) is 2.73. The van der Waals surface area contributed by atoms with Crippen molar-refractivity contribution in [1.29, 1.82) is 0 Å². The van der Waals surface area contributed by atoms with Gasteiger partial charge in [-0.2, -0.15) is 0 Å². The summed E-state index contributed by atoms with van der Waals surface area (Å²) < 4.78 is 19.0. The van der Waals surface area contributed by atoms with E-state index < -0.39 is 17.3 Å². The molecule has 0 unspecified atom stereocenters. The van der Waals surface area contributed by atoms with Crippen molar-refractivity contribution in [2.75, 3.05) is 13.1 Å². The molecule has 0 spiro atoms. The molecule has 1 aliphatic heterocycles. The van der Waals surface area contributed by atoms with Gasteiger partial charge in [0.2, 0.25) is 0 Å². The minimum atomic E-state index is -0.687. The van der Waals surface area contributed by atoms with E-state index in [0.29, 0.717) is 36.9 Å². The fourth-order valence-electron chi connectivity index (χ4n) is 3.52. The Labute approximate surface area is 165 Å². The number of halogens is 1. The summed E-state index contributed by atoms with van der Waals surface area (Å²) in [5.41, 5.74) is -0.264. The van der Waals surface area contributed by atoms with Gasteiger partial charge in [-0.15, -0.1) is 0 Å². The van der Waals surface area contributed by atoms with Crippen LogP contribution in [-0.4, -0.2) is 35.8 Å². The fourth-order valence-corrected chi connectivity index (χ4v) is 3.52. The monoisotopic (exact) mass is 394 g/mol. The van der Waals surface area contributed by atoms with E-state index in [9.17, 15) is 18.8 Å². The lowest BCUT2D eigenvalue weighted by atomic mass is 10.0. The molecule has 0 saturated carbocycles. The maximum Gasteiger partial charge on any atom is 0.349 e. The SMILES string of the molecule is O=C(NC1CCN(C(=O)c2ccccc2F)CC1)c1cc2ccccc2oc1=O. The summed E-state index contributed by atoms with van der Waals surface area (Å²) in [6.45, 7) is 0.787. The van der Waals surface area contributed by atoms with Crippen LogP contribution in [0.3, 0.4) is 0 Å². The Bertz CT molecular complexity index is 1130. The van der Waals surface area contributed by atoms with Crippen LogP contribution in [-0.2, 0) is 0 Å². The van der Waals surface area contributed by atoms with Crippen molar-refractivity contribution < 1.29 is 18.4 Å². The van der Waals surface area contributed by atoms with E-state index in [2.05, 4.69) is 5.32 Å². The maximum atomic E-state index is 13.8. The maximum absolute atomic E-state index is 13.8. The van der Waals surface area contributed by atoms with Crippen molar-refractivity contribution in [3.63, 3.8) is 0 Å². The Morgan fingerprint density at radius 1 is 1.00 bits per heavy atom. The molecule has 1 fully saturated rings. The zero-order chi connectivity index (χ0) is 20.4. The zero-order valence-corrected chi connectivity index (χ0v) is 15.6. The van der Waals surface area contributed by atoms with Crippen molar-refractivity contribution in [2.45, 2.75) is 18.9 Å². The topological polar surface area (TPSA) is 79.6 Å². The first-order valence-electron chi connectivity index (χ1n) is 9.40. The van der Waals surface area contributed by atoms with Crippen LogP contribution in [0.25, 0.3) is 11.0 Å². The van der Waals surface area contributed by atoms with Gasteiger partial charge in [0, 0.05) is 24.5 Å². The Morgan fingerprint density at radius 2 is 1.69 bits per heavy atom. The Hall–Kier alpha value is -3.48. The second kappa shape index (κ2) is 7.87. The van der Waals surface area contributed by atoms with Crippen molar-refractivity contribution in [2.24, 2.45) is 0 Å². The lowest BCUT2D eigenvalue weighted by Gasteiger charge is -2.32. The molecule has 2 heterocycles. The van der Waals surface area contributed by atoms with Crippen LogP contribution < -0.4 is 10.9 Å². The van der Waals surface area contributed by atoms with Crippen LogP contribution >= 0.6 is 0 Å². The predicted molar refractivity (Wildman–Crippen MR) is 105 cm³/mol. The molecule has 2 amide bonds. The van der Waals surface area contributed by atoms with E-state index in [-0.39, 0.29) is 23.1 Å². The largest absolute Gasteiger partial charge is 0.422 e. The van der Waals surface area contributed by atoms with E-state index >= 15 is 0 Å². The first-order valence-corrected chi connectivity index (χ1v) is 9.40. The number of nitrogens with one attached hydrogen (secondary N) is 1. The summed E-state index contributed by atoms with van der Waals surface area (Å²) in [6.07, 6.45) is 1.04. The minimum Gasteiger partial charge on any atom is -0.422 e. The number of piperidine rings is 1. The lowest BCUT2D eigenvalue weighted by Crippen LogP contribution is -2.47. The molecular weight excluding hydrogens is 375 g/mol. The van der Waals surface area contributed by atoms with E-state index in [1.54, 1.807) is 35.2 Å². The molecule has 1 saturated heterocycles. The van der Waals surface area contributed by atoms with Gasteiger partial charge in [-0.05, 0) is 37.1 Å². The summed E-state index contributed by atoms with van der Waals surface area (Å²) in [7, 11) is 0. The number of hydrogen-bond acceptors (Lipinski definition) is 4. The lowest BCUT2D eigenvalue weighted by molar-refractivity contribution is 0.0693. The van der Waals surface area contributed by atoms with Gasteiger partial charge < -0.3 is 14.6 Å². The van der Waals surface area contributed by atoms with Crippen molar-refractivity contribution in [3.8, 4) is 0 Å². The fraction of sp³-hybridized carbons (Fsp3) is 0.227.